The van der Waals surface area contributed by atoms with Crippen LogP contribution in [-0.2, 0) is 16.1 Å². The van der Waals surface area contributed by atoms with Crippen LogP contribution < -0.4 is 5.32 Å². The molecule has 21 heavy (non-hydrogen) atoms. The molecular formula is C16H18N2O2S. The van der Waals surface area contributed by atoms with E-state index in [9.17, 15) is 4.79 Å². The summed E-state index contributed by atoms with van der Waals surface area (Å²) in [6.07, 6.45) is 3.44. The van der Waals surface area contributed by atoms with E-state index in [1.165, 1.54) is 0 Å². The van der Waals surface area contributed by atoms with Gasteiger partial charge in [0.2, 0.25) is 5.91 Å². The molecule has 1 saturated heterocycles. The van der Waals surface area contributed by atoms with E-state index in [0.29, 0.717) is 19.8 Å². The van der Waals surface area contributed by atoms with Gasteiger partial charge >= 0.3 is 0 Å². The van der Waals surface area contributed by atoms with E-state index in [1.54, 1.807) is 17.5 Å². The third-order valence-corrected chi connectivity index (χ3v) is 4.38. The van der Waals surface area contributed by atoms with Crippen LogP contribution in [0.1, 0.15) is 18.4 Å². The lowest BCUT2D eigenvalue weighted by molar-refractivity contribution is -0.128. The number of hydrogen-bond donors (Lipinski definition) is 1. The Hall–Kier alpha value is -1.72. The first-order chi connectivity index (χ1) is 10.3. The third kappa shape index (κ3) is 3.68. The topological polar surface area (TPSA) is 51.2 Å². The number of thiophene rings is 1. The van der Waals surface area contributed by atoms with Crippen molar-refractivity contribution >= 4 is 17.2 Å². The standard InChI is InChI=1S/C16H18N2O2S/c19-16(13-2-6-20-7-3-13)18-10-12-1-5-17-15(9-12)14-4-8-21-11-14/h1,4-5,8-9,11,13H,2-3,6-7,10H2,(H,18,19). The van der Waals surface area contributed by atoms with Gasteiger partial charge in [0, 0.05) is 42.8 Å². The van der Waals surface area contributed by atoms with Crippen molar-refractivity contribution in [3.63, 3.8) is 0 Å². The Balaban J connectivity index is 1.60. The summed E-state index contributed by atoms with van der Waals surface area (Å²) in [7, 11) is 0. The largest absolute Gasteiger partial charge is 0.381 e. The summed E-state index contributed by atoms with van der Waals surface area (Å²) >= 11 is 1.66. The minimum atomic E-state index is 0.0944. The Morgan fingerprint density at radius 3 is 3.00 bits per heavy atom. The zero-order valence-corrected chi connectivity index (χ0v) is 12.6. The van der Waals surface area contributed by atoms with Crippen molar-refractivity contribution < 1.29 is 9.53 Å². The molecule has 2 aromatic heterocycles. The first kappa shape index (κ1) is 14.2. The number of hydrogen-bond acceptors (Lipinski definition) is 4. The minimum absolute atomic E-state index is 0.0944. The summed E-state index contributed by atoms with van der Waals surface area (Å²) in [6, 6.07) is 6.03. The van der Waals surface area contributed by atoms with Gasteiger partial charge in [0.1, 0.15) is 0 Å². The smallest absolute Gasteiger partial charge is 0.223 e. The molecule has 110 valence electrons. The SMILES string of the molecule is O=C(NCc1ccnc(-c2ccsc2)c1)C1CCOCC1. The van der Waals surface area contributed by atoms with Gasteiger partial charge in [-0.2, -0.15) is 11.3 Å². The number of ether oxygens (including phenoxy) is 1. The van der Waals surface area contributed by atoms with Gasteiger partial charge in [0.25, 0.3) is 0 Å². The van der Waals surface area contributed by atoms with Crippen LogP contribution >= 0.6 is 11.3 Å². The van der Waals surface area contributed by atoms with E-state index in [-0.39, 0.29) is 11.8 Å². The number of carbonyl (C=O) groups excluding carboxylic acids is 1. The van der Waals surface area contributed by atoms with Gasteiger partial charge in [-0.05, 0) is 42.0 Å². The summed E-state index contributed by atoms with van der Waals surface area (Å²) < 4.78 is 5.28. The predicted molar refractivity (Wildman–Crippen MR) is 82.9 cm³/mol. The van der Waals surface area contributed by atoms with Crippen molar-refractivity contribution in [3.8, 4) is 11.3 Å². The number of carbonyl (C=O) groups is 1. The second-order valence-electron chi connectivity index (χ2n) is 5.17. The van der Waals surface area contributed by atoms with E-state index in [2.05, 4.69) is 21.7 Å². The van der Waals surface area contributed by atoms with Gasteiger partial charge in [-0.25, -0.2) is 0 Å². The number of aromatic nitrogens is 1. The first-order valence-corrected chi connectivity index (χ1v) is 8.10. The van der Waals surface area contributed by atoms with Crippen LogP contribution in [0.4, 0.5) is 0 Å². The molecule has 0 unspecified atom stereocenters. The summed E-state index contributed by atoms with van der Waals surface area (Å²) in [6.45, 7) is 1.93. The Labute approximate surface area is 128 Å². The zero-order chi connectivity index (χ0) is 14.5. The van der Waals surface area contributed by atoms with Crippen LogP contribution in [0, 0.1) is 5.92 Å². The van der Waals surface area contributed by atoms with Gasteiger partial charge in [0.15, 0.2) is 0 Å². The average molecular weight is 302 g/mol. The molecule has 2 aromatic rings. The second-order valence-corrected chi connectivity index (χ2v) is 5.95. The average Bonchev–Trinajstić information content (AvgIpc) is 3.08. The molecule has 0 saturated carbocycles. The fourth-order valence-electron chi connectivity index (χ4n) is 2.45. The highest BCUT2D eigenvalue weighted by atomic mass is 32.1. The highest BCUT2D eigenvalue weighted by Crippen LogP contribution is 2.20. The van der Waals surface area contributed by atoms with Gasteiger partial charge in [-0.3, -0.25) is 9.78 Å². The van der Waals surface area contributed by atoms with E-state index >= 15 is 0 Å². The van der Waals surface area contributed by atoms with Gasteiger partial charge in [0.05, 0.1) is 5.69 Å². The third-order valence-electron chi connectivity index (χ3n) is 3.70. The summed E-state index contributed by atoms with van der Waals surface area (Å²) in [5.74, 6) is 0.226. The van der Waals surface area contributed by atoms with E-state index in [0.717, 1.165) is 29.7 Å². The molecule has 1 N–H and O–H groups in total. The predicted octanol–water partition coefficient (Wildman–Crippen LogP) is 2.85. The van der Waals surface area contributed by atoms with Crippen LogP contribution in [0.5, 0.6) is 0 Å². The highest BCUT2D eigenvalue weighted by molar-refractivity contribution is 7.08. The van der Waals surface area contributed by atoms with Crippen LogP contribution in [0.2, 0.25) is 0 Å². The van der Waals surface area contributed by atoms with Crippen molar-refractivity contribution in [2.24, 2.45) is 5.92 Å². The lowest BCUT2D eigenvalue weighted by Gasteiger charge is -2.21. The van der Waals surface area contributed by atoms with Crippen molar-refractivity contribution in [2.45, 2.75) is 19.4 Å². The summed E-state index contributed by atoms with van der Waals surface area (Å²) in [5, 5.41) is 7.14. The molecule has 0 radical (unpaired) electrons. The summed E-state index contributed by atoms with van der Waals surface area (Å²) in [5.41, 5.74) is 3.15. The lowest BCUT2D eigenvalue weighted by atomic mass is 9.99. The quantitative estimate of drug-likeness (QED) is 0.945. The molecule has 4 nitrogen and oxygen atoms in total. The molecule has 1 aliphatic rings. The van der Waals surface area contributed by atoms with Gasteiger partial charge in [-0.15, -0.1) is 0 Å². The molecule has 3 heterocycles. The van der Waals surface area contributed by atoms with Gasteiger partial charge in [-0.1, -0.05) is 0 Å². The monoisotopic (exact) mass is 302 g/mol. The molecule has 5 heteroatoms. The van der Waals surface area contributed by atoms with Crippen molar-refractivity contribution in [1.29, 1.82) is 0 Å². The Bertz CT molecular complexity index is 592. The fraction of sp³-hybridized carbons (Fsp3) is 0.375. The van der Waals surface area contributed by atoms with E-state index in [1.807, 2.05) is 17.5 Å². The second kappa shape index (κ2) is 6.83. The molecule has 1 aliphatic heterocycles. The van der Waals surface area contributed by atoms with Crippen LogP contribution in [0.15, 0.2) is 35.2 Å². The first-order valence-electron chi connectivity index (χ1n) is 7.16. The number of nitrogens with one attached hydrogen (secondary N) is 1. The Morgan fingerprint density at radius 1 is 1.38 bits per heavy atom. The maximum atomic E-state index is 12.1. The van der Waals surface area contributed by atoms with Crippen LogP contribution in [0.25, 0.3) is 11.3 Å². The van der Waals surface area contributed by atoms with E-state index < -0.39 is 0 Å². The Kier molecular flexibility index (Phi) is 4.62. The Morgan fingerprint density at radius 2 is 2.24 bits per heavy atom. The fourth-order valence-corrected chi connectivity index (χ4v) is 3.10. The number of amides is 1. The lowest BCUT2D eigenvalue weighted by Crippen LogP contribution is -2.33. The van der Waals surface area contributed by atoms with Crippen molar-refractivity contribution in [3.05, 3.63) is 40.7 Å². The normalized spacial score (nSPS) is 15.8. The van der Waals surface area contributed by atoms with Crippen LogP contribution in [0.3, 0.4) is 0 Å². The minimum Gasteiger partial charge on any atom is -0.381 e. The number of pyridine rings is 1. The van der Waals surface area contributed by atoms with Crippen molar-refractivity contribution in [1.82, 2.24) is 10.3 Å². The highest BCUT2D eigenvalue weighted by Gasteiger charge is 2.21. The maximum Gasteiger partial charge on any atom is 0.223 e. The van der Waals surface area contributed by atoms with Crippen molar-refractivity contribution in [2.75, 3.05) is 13.2 Å². The molecule has 3 rings (SSSR count). The molecular weight excluding hydrogens is 284 g/mol. The molecule has 0 aromatic carbocycles. The number of nitrogens with zero attached hydrogens (tertiary/aromatic N) is 1. The molecule has 1 amide bonds. The zero-order valence-electron chi connectivity index (χ0n) is 11.7. The summed E-state index contributed by atoms with van der Waals surface area (Å²) in [4.78, 5) is 16.5. The van der Waals surface area contributed by atoms with E-state index in [4.69, 9.17) is 4.74 Å². The van der Waals surface area contributed by atoms with Gasteiger partial charge < -0.3 is 10.1 Å². The maximum absolute atomic E-state index is 12.1. The number of rotatable bonds is 4. The molecule has 1 fully saturated rings. The molecule has 0 spiro atoms. The molecule has 0 bridgehead atoms. The van der Waals surface area contributed by atoms with Crippen LogP contribution in [-0.4, -0.2) is 24.1 Å². The molecule has 0 aliphatic carbocycles. The molecule has 0 atom stereocenters.